The molecule has 0 aliphatic heterocycles. The Bertz CT molecular complexity index is 728. The molecule has 1 aromatic heterocycles. The summed E-state index contributed by atoms with van der Waals surface area (Å²) in [7, 11) is 0. The fraction of sp³-hybridized carbons (Fsp3) is 0.125. The number of nitrogens with one attached hydrogen (secondary N) is 1. The van der Waals surface area contributed by atoms with Gasteiger partial charge in [-0.05, 0) is 36.2 Å². The van der Waals surface area contributed by atoms with Crippen LogP contribution < -0.4 is 5.32 Å². The highest BCUT2D eigenvalue weighted by molar-refractivity contribution is 6.28. The van der Waals surface area contributed by atoms with Gasteiger partial charge in [-0.1, -0.05) is 42.5 Å². The van der Waals surface area contributed by atoms with Gasteiger partial charge in [-0.25, -0.2) is 9.97 Å². The number of hydrogen-bond donors (Lipinski definition) is 1. The number of halogens is 1. The molecule has 0 aliphatic rings. The number of anilines is 1. The van der Waals surface area contributed by atoms with E-state index in [-0.39, 0.29) is 11.3 Å². The van der Waals surface area contributed by atoms with Gasteiger partial charge in [-0.15, -0.1) is 0 Å². The lowest BCUT2D eigenvalue weighted by Crippen LogP contribution is -2.08. The number of aromatic nitrogens is 2. The van der Waals surface area contributed by atoms with Crippen LogP contribution in [0.5, 0.6) is 0 Å². The second-order valence-corrected chi connectivity index (χ2v) is 4.97. The average molecular weight is 284 g/mol. The molecule has 0 spiro atoms. The molecule has 0 fully saturated rings. The third-order valence-corrected chi connectivity index (χ3v) is 3.40. The standard InChI is InChI=1S/C16H14ClN3/c1-11(12-7-3-2-4-8-12)18-15-13-9-5-6-10-14(13)19-16(17)20-15/h2-11H,1H3,(H,18,19,20). The van der Waals surface area contributed by atoms with Crippen molar-refractivity contribution in [3.63, 3.8) is 0 Å². The van der Waals surface area contributed by atoms with Crippen LogP contribution in [0, 0.1) is 0 Å². The van der Waals surface area contributed by atoms with Gasteiger partial charge < -0.3 is 5.32 Å². The van der Waals surface area contributed by atoms with Crippen molar-refractivity contribution in [2.24, 2.45) is 0 Å². The molecular formula is C16H14ClN3. The van der Waals surface area contributed by atoms with Gasteiger partial charge in [0.15, 0.2) is 0 Å². The number of rotatable bonds is 3. The van der Waals surface area contributed by atoms with Gasteiger partial charge in [0.25, 0.3) is 0 Å². The van der Waals surface area contributed by atoms with Gasteiger partial charge in [-0.2, -0.15) is 0 Å². The first kappa shape index (κ1) is 12.9. The smallest absolute Gasteiger partial charge is 0.224 e. The molecule has 1 N–H and O–H groups in total. The molecule has 1 heterocycles. The maximum absolute atomic E-state index is 5.99. The zero-order chi connectivity index (χ0) is 13.9. The minimum Gasteiger partial charge on any atom is -0.363 e. The third kappa shape index (κ3) is 2.58. The second kappa shape index (κ2) is 5.47. The van der Waals surface area contributed by atoms with Crippen molar-refractivity contribution >= 4 is 28.3 Å². The molecule has 20 heavy (non-hydrogen) atoms. The van der Waals surface area contributed by atoms with Crippen molar-refractivity contribution in [3.8, 4) is 0 Å². The van der Waals surface area contributed by atoms with Gasteiger partial charge in [0.05, 0.1) is 5.52 Å². The van der Waals surface area contributed by atoms with E-state index >= 15 is 0 Å². The quantitative estimate of drug-likeness (QED) is 0.721. The Balaban J connectivity index is 1.98. The lowest BCUT2D eigenvalue weighted by atomic mass is 10.1. The summed E-state index contributed by atoms with van der Waals surface area (Å²) < 4.78 is 0. The molecule has 3 aromatic rings. The zero-order valence-corrected chi connectivity index (χ0v) is 11.8. The fourth-order valence-corrected chi connectivity index (χ4v) is 2.36. The number of para-hydroxylation sites is 1. The van der Waals surface area contributed by atoms with E-state index in [2.05, 4.69) is 34.3 Å². The molecule has 0 radical (unpaired) electrons. The van der Waals surface area contributed by atoms with Crippen LogP contribution in [0.3, 0.4) is 0 Å². The summed E-state index contributed by atoms with van der Waals surface area (Å²) in [5, 5.41) is 4.63. The molecular weight excluding hydrogens is 270 g/mol. The largest absolute Gasteiger partial charge is 0.363 e. The Hall–Kier alpha value is -2.13. The molecule has 0 saturated heterocycles. The van der Waals surface area contributed by atoms with Crippen LogP contribution in [0.15, 0.2) is 54.6 Å². The topological polar surface area (TPSA) is 37.8 Å². The van der Waals surface area contributed by atoms with Crippen LogP contribution in [0.1, 0.15) is 18.5 Å². The van der Waals surface area contributed by atoms with Crippen LogP contribution in [0.25, 0.3) is 10.9 Å². The van der Waals surface area contributed by atoms with E-state index in [1.54, 1.807) is 0 Å². The fourth-order valence-electron chi connectivity index (χ4n) is 2.19. The Kier molecular flexibility index (Phi) is 3.52. The third-order valence-electron chi connectivity index (χ3n) is 3.23. The van der Waals surface area contributed by atoms with E-state index in [1.165, 1.54) is 5.56 Å². The van der Waals surface area contributed by atoms with Crippen LogP contribution in [0.4, 0.5) is 5.82 Å². The van der Waals surface area contributed by atoms with E-state index in [0.717, 1.165) is 16.7 Å². The van der Waals surface area contributed by atoms with Gasteiger partial charge in [0.2, 0.25) is 5.28 Å². The Morgan fingerprint density at radius 1 is 0.950 bits per heavy atom. The second-order valence-electron chi connectivity index (χ2n) is 4.64. The lowest BCUT2D eigenvalue weighted by Gasteiger charge is -2.16. The van der Waals surface area contributed by atoms with Crippen molar-refractivity contribution in [1.29, 1.82) is 0 Å². The summed E-state index contributed by atoms with van der Waals surface area (Å²) in [6, 6.07) is 18.2. The maximum Gasteiger partial charge on any atom is 0.224 e. The van der Waals surface area contributed by atoms with Gasteiger partial charge in [0, 0.05) is 11.4 Å². The summed E-state index contributed by atoms with van der Waals surface area (Å²) in [5.74, 6) is 0.761. The van der Waals surface area contributed by atoms with E-state index in [4.69, 9.17) is 11.6 Å². The first-order valence-electron chi connectivity index (χ1n) is 6.48. The van der Waals surface area contributed by atoms with Crippen LogP contribution in [0.2, 0.25) is 5.28 Å². The normalized spacial score (nSPS) is 12.3. The highest BCUT2D eigenvalue weighted by Gasteiger charge is 2.10. The molecule has 1 atom stereocenters. The van der Waals surface area contributed by atoms with E-state index in [9.17, 15) is 0 Å². The van der Waals surface area contributed by atoms with Crippen molar-refractivity contribution in [2.45, 2.75) is 13.0 Å². The Labute approximate surface area is 122 Å². The predicted molar refractivity (Wildman–Crippen MR) is 83.0 cm³/mol. The monoisotopic (exact) mass is 283 g/mol. The first-order valence-corrected chi connectivity index (χ1v) is 6.85. The van der Waals surface area contributed by atoms with Crippen molar-refractivity contribution in [1.82, 2.24) is 9.97 Å². The minimum atomic E-state index is 0.144. The van der Waals surface area contributed by atoms with Crippen molar-refractivity contribution in [3.05, 3.63) is 65.4 Å². The molecule has 2 aromatic carbocycles. The van der Waals surface area contributed by atoms with E-state index < -0.39 is 0 Å². The van der Waals surface area contributed by atoms with Crippen LogP contribution in [-0.2, 0) is 0 Å². The van der Waals surface area contributed by atoms with Crippen LogP contribution >= 0.6 is 11.6 Å². The molecule has 3 nitrogen and oxygen atoms in total. The predicted octanol–water partition coefficient (Wildman–Crippen LogP) is 4.46. The van der Waals surface area contributed by atoms with Crippen molar-refractivity contribution in [2.75, 3.05) is 5.32 Å². The number of fused-ring (bicyclic) bond motifs is 1. The molecule has 0 saturated carbocycles. The van der Waals surface area contributed by atoms with Gasteiger partial charge in [0.1, 0.15) is 5.82 Å². The summed E-state index contributed by atoms with van der Waals surface area (Å²) in [5.41, 5.74) is 2.04. The SMILES string of the molecule is CC(Nc1nc(Cl)nc2ccccc12)c1ccccc1. The molecule has 3 rings (SSSR count). The van der Waals surface area contributed by atoms with E-state index in [0.29, 0.717) is 0 Å². The molecule has 4 heteroatoms. The molecule has 0 aliphatic carbocycles. The summed E-state index contributed by atoms with van der Waals surface area (Å²) in [6.45, 7) is 2.10. The molecule has 0 amide bonds. The molecule has 0 bridgehead atoms. The van der Waals surface area contributed by atoms with Gasteiger partial charge >= 0.3 is 0 Å². The van der Waals surface area contributed by atoms with Crippen LogP contribution in [-0.4, -0.2) is 9.97 Å². The summed E-state index contributed by atoms with van der Waals surface area (Å²) in [4.78, 5) is 8.54. The van der Waals surface area contributed by atoms with E-state index in [1.807, 2.05) is 42.5 Å². The summed E-state index contributed by atoms with van der Waals surface area (Å²) in [6.07, 6.45) is 0. The van der Waals surface area contributed by atoms with Crippen molar-refractivity contribution < 1.29 is 0 Å². The lowest BCUT2D eigenvalue weighted by molar-refractivity contribution is 0.876. The maximum atomic E-state index is 5.99. The highest BCUT2D eigenvalue weighted by atomic mass is 35.5. The number of hydrogen-bond acceptors (Lipinski definition) is 3. The average Bonchev–Trinajstić information content (AvgIpc) is 2.48. The molecule has 100 valence electrons. The number of benzene rings is 2. The Morgan fingerprint density at radius 3 is 2.45 bits per heavy atom. The first-order chi connectivity index (χ1) is 9.74. The highest BCUT2D eigenvalue weighted by Crippen LogP contribution is 2.25. The number of nitrogens with zero attached hydrogens (tertiary/aromatic N) is 2. The zero-order valence-electron chi connectivity index (χ0n) is 11.0. The minimum absolute atomic E-state index is 0.144. The van der Waals surface area contributed by atoms with Gasteiger partial charge in [-0.3, -0.25) is 0 Å². The molecule has 1 unspecified atom stereocenters. The summed E-state index contributed by atoms with van der Waals surface area (Å²) >= 11 is 5.99. The Morgan fingerprint density at radius 2 is 1.65 bits per heavy atom.